The number of likely N-dealkylation sites (tertiary alicyclic amines) is 1. The summed E-state index contributed by atoms with van der Waals surface area (Å²) in [5.41, 5.74) is 6.43. The van der Waals surface area contributed by atoms with Crippen molar-refractivity contribution in [3.63, 3.8) is 0 Å². The number of piperidine rings is 1. The standard InChI is InChI=1S/C16H33N3O/c1-4-6-15-11-16(13-17,8-10-20-15)19-9-5-7-14(12-19)18(2)3/h14-15H,4-13,17H2,1-3H3. The minimum atomic E-state index is 0.187. The SMILES string of the molecule is CCCC1CC(CN)(N2CCCC(N(C)C)C2)CCO1. The maximum Gasteiger partial charge on any atom is 0.0593 e. The van der Waals surface area contributed by atoms with Crippen LogP contribution in [-0.4, -0.2) is 67.8 Å². The number of nitrogens with two attached hydrogens (primary N) is 1. The monoisotopic (exact) mass is 283 g/mol. The molecule has 0 aromatic carbocycles. The van der Waals surface area contributed by atoms with E-state index in [0.29, 0.717) is 12.1 Å². The fourth-order valence-corrected chi connectivity index (χ4v) is 3.92. The largest absolute Gasteiger partial charge is 0.378 e. The summed E-state index contributed by atoms with van der Waals surface area (Å²) in [6.45, 7) is 6.27. The Bertz CT molecular complexity index is 295. The molecule has 118 valence electrons. The van der Waals surface area contributed by atoms with Gasteiger partial charge in [0.25, 0.3) is 0 Å². The Labute approximate surface area is 124 Å². The molecule has 4 nitrogen and oxygen atoms in total. The first kappa shape index (κ1) is 16.2. The number of nitrogens with zero attached hydrogens (tertiary/aromatic N) is 2. The number of rotatable bonds is 5. The van der Waals surface area contributed by atoms with Crippen molar-refractivity contribution >= 4 is 0 Å². The van der Waals surface area contributed by atoms with Gasteiger partial charge in [0, 0.05) is 31.3 Å². The van der Waals surface area contributed by atoms with E-state index in [1.165, 1.54) is 38.8 Å². The average Bonchev–Trinajstić information content (AvgIpc) is 2.48. The van der Waals surface area contributed by atoms with Gasteiger partial charge in [-0.05, 0) is 52.7 Å². The van der Waals surface area contributed by atoms with Gasteiger partial charge in [0.2, 0.25) is 0 Å². The molecule has 2 heterocycles. The average molecular weight is 283 g/mol. The lowest BCUT2D eigenvalue weighted by Gasteiger charge is -2.51. The summed E-state index contributed by atoms with van der Waals surface area (Å²) >= 11 is 0. The lowest BCUT2D eigenvalue weighted by atomic mass is 9.82. The molecule has 20 heavy (non-hydrogen) atoms. The van der Waals surface area contributed by atoms with Crippen LogP contribution in [0.5, 0.6) is 0 Å². The Morgan fingerprint density at radius 1 is 1.40 bits per heavy atom. The van der Waals surface area contributed by atoms with Crippen molar-refractivity contribution in [1.29, 1.82) is 0 Å². The zero-order chi connectivity index (χ0) is 14.6. The van der Waals surface area contributed by atoms with Gasteiger partial charge in [0.15, 0.2) is 0 Å². The first-order chi connectivity index (χ1) is 9.61. The molecule has 0 aromatic heterocycles. The number of hydrogen-bond donors (Lipinski definition) is 1. The summed E-state index contributed by atoms with van der Waals surface area (Å²) < 4.78 is 5.95. The zero-order valence-electron chi connectivity index (χ0n) is 13.6. The van der Waals surface area contributed by atoms with Crippen LogP contribution in [0.2, 0.25) is 0 Å². The van der Waals surface area contributed by atoms with E-state index in [9.17, 15) is 0 Å². The van der Waals surface area contributed by atoms with Crippen molar-refractivity contribution in [2.24, 2.45) is 5.73 Å². The van der Waals surface area contributed by atoms with Crippen LogP contribution in [0.3, 0.4) is 0 Å². The second kappa shape index (κ2) is 7.21. The summed E-state index contributed by atoms with van der Waals surface area (Å²) in [7, 11) is 4.40. The third kappa shape index (κ3) is 3.53. The van der Waals surface area contributed by atoms with Crippen molar-refractivity contribution in [2.75, 3.05) is 40.3 Å². The summed E-state index contributed by atoms with van der Waals surface area (Å²) in [5, 5.41) is 0. The van der Waals surface area contributed by atoms with E-state index in [4.69, 9.17) is 10.5 Å². The second-order valence-electron chi connectivity index (χ2n) is 6.87. The molecule has 0 amide bonds. The lowest BCUT2D eigenvalue weighted by Crippen LogP contribution is -2.62. The summed E-state index contributed by atoms with van der Waals surface area (Å²) in [6, 6.07) is 0.680. The smallest absolute Gasteiger partial charge is 0.0593 e. The van der Waals surface area contributed by atoms with E-state index in [1.54, 1.807) is 0 Å². The van der Waals surface area contributed by atoms with Crippen LogP contribution in [0.1, 0.15) is 45.4 Å². The van der Waals surface area contributed by atoms with E-state index < -0.39 is 0 Å². The Morgan fingerprint density at radius 2 is 2.20 bits per heavy atom. The molecule has 0 radical (unpaired) electrons. The summed E-state index contributed by atoms with van der Waals surface area (Å²) in [6.07, 6.45) is 7.62. The zero-order valence-corrected chi connectivity index (χ0v) is 13.6. The molecule has 2 N–H and O–H groups in total. The Morgan fingerprint density at radius 3 is 2.85 bits per heavy atom. The molecule has 0 spiro atoms. The van der Waals surface area contributed by atoms with Gasteiger partial charge in [-0.15, -0.1) is 0 Å². The van der Waals surface area contributed by atoms with Crippen molar-refractivity contribution in [3.8, 4) is 0 Å². The van der Waals surface area contributed by atoms with Crippen LogP contribution in [-0.2, 0) is 4.74 Å². The van der Waals surface area contributed by atoms with Gasteiger partial charge >= 0.3 is 0 Å². The van der Waals surface area contributed by atoms with E-state index in [2.05, 4.69) is 30.8 Å². The van der Waals surface area contributed by atoms with Gasteiger partial charge in [-0.25, -0.2) is 0 Å². The predicted octanol–water partition coefficient (Wildman–Crippen LogP) is 1.69. The quantitative estimate of drug-likeness (QED) is 0.834. The predicted molar refractivity (Wildman–Crippen MR) is 83.9 cm³/mol. The molecule has 2 aliphatic rings. The highest BCUT2D eigenvalue weighted by Gasteiger charge is 2.42. The third-order valence-electron chi connectivity index (χ3n) is 5.32. The minimum absolute atomic E-state index is 0.187. The van der Waals surface area contributed by atoms with Crippen molar-refractivity contribution in [1.82, 2.24) is 9.80 Å². The molecule has 3 unspecified atom stereocenters. The Balaban J connectivity index is 2.05. The number of hydrogen-bond acceptors (Lipinski definition) is 4. The highest BCUT2D eigenvalue weighted by Crippen LogP contribution is 2.34. The number of likely N-dealkylation sites (N-methyl/N-ethyl adjacent to an activating group) is 1. The molecule has 0 aliphatic carbocycles. The third-order valence-corrected chi connectivity index (χ3v) is 5.32. The van der Waals surface area contributed by atoms with Crippen molar-refractivity contribution in [2.45, 2.75) is 63.1 Å². The maximum absolute atomic E-state index is 6.24. The van der Waals surface area contributed by atoms with E-state index in [-0.39, 0.29) is 5.54 Å². The molecule has 2 fully saturated rings. The van der Waals surface area contributed by atoms with Crippen LogP contribution in [0.15, 0.2) is 0 Å². The van der Waals surface area contributed by atoms with Crippen molar-refractivity contribution in [3.05, 3.63) is 0 Å². The van der Waals surface area contributed by atoms with Crippen LogP contribution < -0.4 is 5.73 Å². The first-order valence-corrected chi connectivity index (χ1v) is 8.34. The highest BCUT2D eigenvalue weighted by molar-refractivity contribution is 4.99. The molecule has 0 saturated carbocycles. The molecule has 2 aliphatic heterocycles. The molecule has 2 saturated heterocycles. The van der Waals surface area contributed by atoms with Gasteiger partial charge in [-0.3, -0.25) is 4.90 Å². The second-order valence-corrected chi connectivity index (χ2v) is 6.87. The fraction of sp³-hybridized carbons (Fsp3) is 1.00. The molecule has 2 rings (SSSR count). The van der Waals surface area contributed by atoms with Gasteiger partial charge in [0.1, 0.15) is 0 Å². The van der Waals surface area contributed by atoms with Crippen LogP contribution in [0.25, 0.3) is 0 Å². The Kier molecular flexibility index (Phi) is 5.84. The minimum Gasteiger partial charge on any atom is -0.378 e. The van der Waals surface area contributed by atoms with Crippen molar-refractivity contribution < 1.29 is 4.74 Å². The first-order valence-electron chi connectivity index (χ1n) is 8.34. The molecular weight excluding hydrogens is 250 g/mol. The lowest BCUT2D eigenvalue weighted by molar-refractivity contribution is -0.0849. The summed E-state index contributed by atoms with van der Waals surface area (Å²) in [4.78, 5) is 5.06. The normalized spacial score (nSPS) is 36.5. The van der Waals surface area contributed by atoms with Gasteiger partial charge in [-0.1, -0.05) is 13.3 Å². The fourth-order valence-electron chi connectivity index (χ4n) is 3.92. The Hall–Kier alpha value is -0.160. The van der Waals surface area contributed by atoms with Crippen LogP contribution in [0.4, 0.5) is 0 Å². The maximum atomic E-state index is 6.24. The molecule has 0 bridgehead atoms. The van der Waals surface area contributed by atoms with Crippen LogP contribution >= 0.6 is 0 Å². The highest BCUT2D eigenvalue weighted by atomic mass is 16.5. The topological polar surface area (TPSA) is 41.7 Å². The van der Waals surface area contributed by atoms with E-state index >= 15 is 0 Å². The molecule has 3 atom stereocenters. The van der Waals surface area contributed by atoms with E-state index in [0.717, 1.165) is 26.0 Å². The van der Waals surface area contributed by atoms with Crippen LogP contribution in [0, 0.1) is 0 Å². The molecular formula is C16H33N3O. The summed E-state index contributed by atoms with van der Waals surface area (Å²) in [5.74, 6) is 0. The molecule has 0 aromatic rings. The van der Waals surface area contributed by atoms with Gasteiger partial charge < -0.3 is 15.4 Å². The van der Waals surface area contributed by atoms with Gasteiger partial charge in [0.05, 0.1) is 6.10 Å². The van der Waals surface area contributed by atoms with E-state index in [1.807, 2.05) is 0 Å². The molecule has 4 heteroatoms. The number of ether oxygens (including phenoxy) is 1. The van der Waals surface area contributed by atoms with Gasteiger partial charge in [-0.2, -0.15) is 0 Å².